The van der Waals surface area contributed by atoms with E-state index < -0.39 is 29.4 Å². The van der Waals surface area contributed by atoms with Gasteiger partial charge in [0.25, 0.3) is 0 Å². The smallest absolute Gasteiger partial charge is 0.333 e. The fourth-order valence-electron chi connectivity index (χ4n) is 3.17. The molecule has 130 valence electrons. The first-order valence-electron chi connectivity index (χ1n) is 7.74. The van der Waals surface area contributed by atoms with Crippen LogP contribution in [0.3, 0.4) is 0 Å². The van der Waals surface area contributed by atoms with Crippen molar-refractivity contribution >= 4 is 5.97 Å². The minimum Gasteiger partial charge on any atom is -0.456 e. The summed E-state index contributed by atoms with van der Waals surface area (Å²) in [5.74, 6) is -3.29. The predicted molar refractivity (Wildman–Crippen MR) is 78.3 cm³/mol. The summed E-state index contributed by atoms with van der Waals surface area (Å²) >= 11 is 0. The van der Waals surface area contributed by atoms with Crippen LogP contribution in [-0.2, 0) is 33.2 Å². The molecule has 3 rings (SSSR count). The van der Waals surface area contributed by atoms with E-state index in [-0.39, 0.29) is 18.8 Å². The molecule has 3 fully saturated rings. The van der Waals surface area contributed by atoms with E-state index in [1.807, 2.05) is 13.8 Å². The van der Waals surface area contributed by atoms with Gasteiger partial charge in [-0.15, -0.1) is 0 Å². The predicted octanol–water partition coefficient (Wildman–Crippen LogP) is 1.50. The van der Waals surface area contributed by atoms with Crippen LogP contribution in [0.2, 0.25) is 0 Å². The zero-order valence-corrected chi connectivity index (χ0v) is 14.2. The highest BCUT2D eigenvalue weighted by Crippen LogP contribution is 2.49. The van der Waals surface area contributed by atoms with Crippen LogP contribution in [0.1, 0.15) is 34.6 Å². The van der Waals surface area contributed by atoms with Gasteiger partial charge in [-0.05, 0) is 34.6 Å². The third-order valence-electron chi connectivity index (χ3n) is 4.05. The number of fused-ring (bicyclic) bond motifs is 3. The molecule has 3 aliphatic rings. The summed E-state index contributed by atoms with van der Waals surface area (Å²) in [6.07, 6.45) is -1.21. The summed E-state index contributed by atoms with van der Waals surface area (Å²) in [5, 5.41) is 0. The lowest BCUT2D eigenvalue weighted by Gasteiger charge is -2.38. The monoisotopic (exact) mass is 328 g/mol. The molecule has 7 heteroatoms. The van der Waals surface area contributed by atoms with Crippen LogP contribution < -0.4 is 0 Å². The average molecular weight is 328 g/mol. The maximum atomic E-state index is 11.7. The minimum atomic E-state index is -1.20. The zero-order valence-electron chi connectivity index (χ0n) is 14.2. The van der Waals surface area contributed by atoms with Crippen molar-refractivity contribution in [1.82, 2.24) is 0 Å². The molecule has 0 N–H and O–H groups in total. The summed E-state index contributed by atoms with van der Waals surface area (Å²) in [7, 11) is 0. The van der Waals surface area contributed by atoms with Gasteiger partial charge in [0, 0.05) is 5.57 Å². The van der Waals surface area contributed by atoms with Gasteiger partial charge in [0.15, 0.2) is 11.6 Å². The van der Waals surface area contributed by atoms with Crippen molar-refractivity contribution in [2.75, 3.05) is 13.2 Å². The van der Waals surface area contributed by atoms with Crippen LogP contribution >= 0.6 is 0 Å². The van der Waals surface area contributed by atoms with Crippen molar-refractivity contribution in [2.45, 2.75) is 70.3 Å². The highest BCUT2D eigenvalue weighted by atomic mass is 16.9. The lowest BCUT2D eigenvalue weighted by atomic mass is 10.0. The Bertz CT molecular complexity index is 527. The van der Waals surface area contributed by atoms with E-state index in [0.717, 1.165) is 0 Å². The number of hydrogen-bond acceptors (Lipinski definition) is 7. The van der Waals surface area contributed by atoms with Gasteiger partial charge < -0.3 is 28.4 Å². The van der Waals surface area contributed by atoms with Crippen LogP contribution in [-0.4, -0.2) is 54.9 Å². The minimum absolute atomic E-state index is 0.0937. The molecule has 0 bridgehead atoms. The lowest BCUT2D eigenvalue weighted by molar-refractivity contribution is -0.330. The largest absolute Gasteiger partial charge is 0.456 e. The molecule has 23 heavy (non-hydrogen) atoms. The summed E-state index contributed by atoms with van der Waals surface area (Å²) in [6.45, 7) is 12.7. The van der Waals surface area contributed by atoms with Crippen molar-refractivity contribution in [3.63, 3.8) is 0 Å². The van der Waals surface area contributed by atoms with E-state index in [0.29, 0.717) is 12.2 Å². The number of ether oxygens (including phenoxy) is 6. The van der Waals surface area contributed by atoms with Gasteiger partial charge in [-0.3, -0.25) is 0 Å². The first-order valence-corrected chi connectivity index (χ1v) is 7.74. The van der Waals surface area contributed by atoms with Crippen LogP contribution in [0.25, 0.3) is 0 Å². The Balaban J connectivity index is 1.82. The number of carbonyl (C=O) groups is 1. The van der Waals surface area contributed by atoms with Gasteiger partial charge in [0.2, 0.25) is 5.79 Å². The van der Waals surface area contributed by atoms with E-state index >= 15 is 0 Å². The fraction of sp³-hybridized carbons (Fsp3) is 0.812. The molecule has 0 spiro atoms. The first kappa shape index (κ1) is 16.9. The summed E-state index contributed by atoms with van der Waals surface area (Å²) < 4.78 is 34.9. The Morgan fingerprint density at radius 1 is 1.17 bits per heavy atom. The van der Waals surface area contributed by atoms with Crippen molar-refractivity contribution in [3.8, 4) is 0 Å². The van der Waals surface area contributed by atoms with Crippen molar-refractivity contribution < 1.29 is 33.2 Å². The number of carbonyl (C=O) groups excluding carboxylic acids is 1. The quantitative estimate of drug-likeness (QED) is 0.574. The second kappa shape index (κ2) is 5.26. The van der Waals surface area contributed by atoms with E-state index in [2.05, 4.69) is 6.58 Å². The summed E-state index contributed by atoms with van der Waals surface area (Å²) in [4.78, 5) is 11.7. The SMILES string of the molecule is C=C(C)C(=O)OC[C@@]12O[C@H]3COC(C)(C)O[C@H]3[C@@H]1OC(C)(C)O2. The van der Waals surface area contributed by atoms with Gasteiger partial charge in [0.1, 0.15) is 24.9 Å². The normalized spacial score (nSPS) is 40.3. The Morgan fingerprint density at radius 3 is 2.52 bits per heavy atom. The molecule has 7 nitrogen and oxygen atoms in total. The standard InChI is InChI=1S/C16H24O7/c1-9(2)13(17)18-8-16-12(22-15(5,6)23-16)11-10(20-16)7-19-14(3,4)21-11/h10-12H,1,7-8H2,2-6H3/t10-,11+,12-,16-/m0/s1. The lowest BCUT2D eigenvalue weighted by Crippen LogP contribution is -2.51. The molecular formula is C16H24O7. The Kier molecular flexibility index (Phi) is 3.85. The number of esters is 1. The Morgan fingerprint density at radius 2 is 1.87 bits per heavy atom. The van der Waals surface area contributed by atoms with E-state index in [9.17, 15) is 4.79 Å². The first-order chi connectivity index (χ1) is 10.5. The van der Waals surface area contributed by atoms with Crippen LogP contribution in [0, 0.1) is 0 Å². The van der Waals surface area contributed by atoms with Gasteiger partial charge in [0.05, 0.1) is 6.61 Å². The van der Waals surface area contributed by atoms with Crippen LogP contribution in [0.4, 0.5) is 0 Å². The molecule has 0 aromatic heterocycles. The molecule has 0 amide bonds. The Hall–Kier alpha value is -0.990. The van der Waals surface area contributed by atoms with Gasteiger partial charge in [-0.25, -0.2) is 4.79 Å². The molecule has 3 saturated heterocycles. The number of rotatable bonds is 3. The molecule has 3 aliphatic heterocycles. The highest BCUT2D eigenvalue weighted by molar-refractivity contribution is 5.86. The van der Waals surface area contributed by atoms with E-state index in [4.69, 9.17) is 28.4 Å². The second-order valence-corrected chi connectivity index (χ2v) is 7.16. The van der Waals surface area contributed by atoms with Gasteiger partial charge >= 0.3 is 5.97 Å². The Labute approximate surface area is 135 Å². The average Bonchev–Trinajstić information content (AvgIpc) is 2.83. The molecule has 0 unspecified atom stereocenters. The van der Waals surface area contributed by atoms with E-state index in [1.165, 1.54) is 0 Å². The number of hydrogen-bond donors (Lipinski definition) is 0. The molecule has 0 aromatic carbocycles. The third kappa shape index (κ3) is 3.04. The van der Waals surface area contributed by atoms with Gasteiger partial charge in [-0.1, -0.05) is 6.58 Å². The fourth-order valence-corrected chi connectivity index (χ4v) is 3.17. The summed E-state index contributed by atoms with van der Waals surface area (Å²) in [5.41, 5.74) is 0.312. The molecule has 0 radical (unpaired) electrons. The van der Waals surface area contributed by atoms with Crippen molar-refractivity contribution in [1.29, 1.82) is 0 Å². The second-order valence-electron chi connectivity index (χ2n) is 7.16. The maximum absolute atomic E-state index is 11.7. The van der Waals surface area contributed by atoms with E-state index in [1.54, 1.807) is 20.8 Å². The topological polar surface area (TPSA) is 72.5 Å². The molecule has 0 aliphatic carbocycles. The van der Waals surface area contributed by atoms with Crippen molar-refractivity contribution in [3.05, 3.63) is 12.2 Å². The molecular weight excluding hydrogens is 304 g/mol. The van der Waals surface area contributed by atoms with Crippen molar-refractivity contribution in [2.24, 2.45) is 0 Å². The summed E-state index contributed by atoms with van der Waals surface area (Å²) in [6, 6.07) is 0. The molecule has 4 atom stereocenters. The van der Waals surface area contributed by atoms with Crippen LogP contribution in [0.15, 0.2) is 12.2 Å². The molecule has 0 saturated carbocycles. The van der Waals surface area contributed by atoms with Crippen LogP contribution in [0.5, 0.6) is 0 Å². The highest BCUT2D eigenvalue weighted by Gasteiger charge is 2.67. The maximum Gasteiger partial charge on any atom is 0.333 e. The molecule has 3 heterocycles. The third-order valence-corrected chi connectivity index (χ3v) is 4.05. The van der Waals surface area contributed by atoms with Gasteiger partial charge in [-0.2, -0.15) is 0 Å². The molecule has 0 aromatic rings. The zero-order chi connectivity index (χ0) is 17.0.